The van der Waals surface area contributed by atoms with Crippen LogP contribution in [0.3, 0.4) is 0 Å². The molecule has 2 unspecified atom stereocenters. The van der Waals surface area contributed by atoms with Crippen molar-refractivity contribution in [3.63, 3.8) is 0 Å². The number of carbonyl (C=O) groups excluding carboxylic acids is 1. The Kier molecular flexibility index (Phi) is 4.01. The van der Waals surface area contributed by atoms with Crippen LogP contribution in [0.25, 0.3) is 0 Å². The second-order valence-electron chi connectivity index (χ2n) is 5.85. The van der Waals surface area contributed by atoms with E-state index in [1.165, 1.54) is 4.68 Å². The molecule has 0 spiro atoms. The number of alkyl halides is 3. The summed E-state index contributed by atoms with van der Waals surface area (Å²) in [6.07, 6.45) is -1.22. The summed E-state index contributed by atoms with van der Waals surface area (Å²) in [4.78, 5) is 11.8. The van der Waals surface area contributed by atoms with Crippen molar-refractivity contribution in [2.75, 3.05) is 0 Å². The molecule has 0 saturated heterocycles. The van der Waals surface area contributed by atoms with Gasteiger partial charge in [0.1, 0.15) is 0 Å². The summed E-state index contributed by atoms with van der Waals surface area (Å²) >= 11 is 0. The minimum Gasteiger partial charge on any atom is -0.368 e. The number of hydrogen-bond donors (Lipinski definition) is 2. The van der Waals surface area contributed by atoms with E-state index in [1.807, 2.05) is 13.8 Å². The van der Waals surface area contributed by atoms with E-state index in [4.69, 9.17) is 5.73 Å². The third-order valence-electron chi connectivity index (χ3n) is 3.83. The molecule has 1 aromatic rings. The molecule has 1 aromatic heterocycles. The lowest BCUT2D eigenvalue weighted by molar-refractivity contribution is -0.137. The maximum atomic E-state index is 12.6. The van der Waals surface area contributed by atoms with Crippen LogP contribution in [-0.2, 0) is 11.0 Å². The summed E-state index contributed by atoms with van der Waals surface area (Å²) in [5.74, 6) is -0.470. The van der Waals surface area contributed by atoms with Gasteiger partial charge in [0.15, 0.2) is 0 Å². The van der Waals surface area contributed by atoms with Crippen LogP contribution in [0.2, 0.25) is 0 Å². The number of carbonyl (C=O) groups is 1. The fraction of sp³-hybridized carbons (Fsp3) is 0.692. The number of primary amides is 1. The molecule has 0 radical (unpaired) electrons. The number of nitrogens with two attached hydrogens (primary N) is 1. The monoisotopic (exact) mass is 304 g/mol. The molecule has 0 aliphatic heterocycles. The number of aromatic nitrogens is 2. The van der Waals surface area contributed by atoms with E-state index in [-0.39, 0.29) is 12.1 Å². The van der Waals surface area contributed by atoms with E-state index in [1.54, 1.807) is 0 Å². The molecule has 118 valence electrons. The predicted molar refractivity (Wildman–Crippen MR) is 70.3 cm³/mol. The van der Waals surface area contributed by atoms with Crippen LogP contribution in [-0.4, -0.2) is 27.3 Å². The van der Waals surface area contributed by atoms with Crippen LogP contribution in [0.5, 0.6) is 0 Å². The van der Waals surface area contributed by atoms with Crippen molar-refractivity contribution >= 4 is 5.91 Å². The molecule has 1 amide bonds. The standard InChI is InChI=1S/C13H19F3N4O/c1-8(2)19-12(11(17)21)4-3-10(5-12)20-7-9(6-18-20)13(14,15)16/h6-8,10,19H,3-5H2,1-2H3,(H2,17,21). The van der Waals surface area contributed by atoms with E-state index in [0.29, 0.717) is 19.3 Å². The fourth-order valence-electron chi connectivity index (χ4n) is 2.91. The van der Waals surface area contributed by atoms with Gasteiger partial charge in [0, 0.05) is 12.2 Å². The summed E-state index contributed by atoms with van der Waals surface area (Å²) in [6, 6.07) is -0.209. The van der Waals surface area contributed by atoms with Crippen molar-refractivity contribution in [1.29, 1.82) is 0 Å². The quantitative estimate of drug-likeness (QED) is 0.891. The average Bonchev–Trinajstić information content (AvgIpc) is 2.93. The molecule has 8 heteroatoms. The Bertz CT molecular complexity index is 526. The number of nitrogens with zero attached hydrogens (tertiary/aromatic N) is 2. The van der Waals surface area contributed by atoms with Crippen LogP contribution >= 0.6 is 0 Å². The van der Waals surface area contributed by atoms with Crippen molar-refractivity contribution in [2.45, 2.75) is 56.9 Å². The Balaban J connectivity index is 2.17. The molecule has 2 atom stereocenters. The number of nitrogens with one attached hydrogen (secondary N) is 1. The van der Waals surface area contributed by atoms with Gasteiger partial charge in [0.2, 0.25) is 5.91 Å². The predicted octanol–water partition coefficient (Wildman–Crippen LogP) is 1.85. The summed E-state index contributed by atoms with van der Waals surface area (Å²) in [7, 11) is 0. The van der Waals surface area contributed by atoms with E-state index in [9.17, 15) is 18.0 Å². The zero-order chi connectivity index (χ0) is 15.8. The van der Waals surface area contributed by atoms with Gasteiger partial charge in [-0.3, -0.25) is 9.48 Å². The maximum absolute atomic E-state index is 12.6. The van der Waals surface area contributed by atoms with Gasteiger partial charge in [-0.2, -0.15) is 18.3 Å². The van der Waals surface area contributed by atoms with Gasteiger partial charge in [-0.25, -0.2) is 0 Å². The lowest BCUT2D eigenvalue weighted by atomic mass is 9.95. The van der Waals surface area contributed by atoms with Crippen LogP contribution in [0.15, 0.2) is 12.4 Å². The van der Waals surface area contributed by atoms with Crippen molar-refractivity contribution in [2.24, 2.45) is 5.73 Å². The van der Waals surface area contributed by atoms with Crippen molar-refractivity contribution in [3.05, 3.63) is 18.0 Å². The first kappa shape index (κ1) is 15.8. The van der Waals surface area contributed by atoms with Gasteiger partial charge in [-0.05, 0) is 33.1 Å². The Morgan fingerprint density at radius 1 is 1.57 bits per heavy atom. The SMILES string of the molecule is CC(C)NC1(C(N)=O)CCC(n2cc(C(F)(F)F)cn2)C1. The first-order valence-electron chi connectivity index (χ1n) is 6.83. The first-order valence-corrected chi connectivity index (χ1v) is 6.83. The second kappa shape index (κ2) is 5.32. The highest BCUT2D eigenvalue weighted by Crippen LogP contribution is 2.39. The molecule has 1 fully saturated rings. The van der Waals surface area contributed by atoms with E-state index in [2.05, 4.69) is 10.4 Å². The molecule has 1 saturated carbocycles. The molecule has 21 heavy (non-hydrogen) atoms. The van der Waals surface area contributed by atoms with Crippen LogP contribution in [0.4, 0.5) is 13.2 Å². The average molecular weight is 304 g/mol. The third-order valence-corrected chi connectivity index (χ3v) is 3.83. The van der Waals surface area contributed by atoms with Crippen molar-refractivity contribution in [3.8, 4) is 0 Å². The largest absolute Gasteiger partial charge is 0.419 e. The lowest BCUT2D eigenvalue weighted by Crippen LogP contribution is -2.56. The number of hydrogen-bond acceptors (Lipinski definition) is 3. The molecule has 3 N–H and O–H groups in total. The highest BCUT2D eigenvalue weighted by Gasteiger charge is 2.45. The summed E-state index contributed by atoms with van der Waals surface area (Å²) in [6.45, 7) is 3.79. The highest BCUT2D eigenvalue weighted by atomic mass is 19.4. The van der Waals surface area contributed by atoms with Gasteiger partial charge in [-0.1, -0.05) is 0 Å². The molecule has 5 nitrogen and oxygen atoms in total. The normalized spacial score (nSPS) is 26.5. The minimum atomic E-state index is -4.41. The minimum absolute atomic E-state index is 0.0552. The van der Waals surface area contributed by atoms with Gasteiger partial charge in [0.05, 0.1) is 23.3 Å². The zero-order valence-corrected chi connectivity index (χ0v) is 11.9. The van der Waals surface area contributed by atoms with E-state index >= 15 is 0 Å². The van der Waals surface area contributed by atoms with Crippen LogP contribution in [0, 0.1) is 0 Å². The molecule has 1 aliphatic rings. The molecule has 0 aromatic carbocycles. The summed E-state index contributed by atoms with van der Waals surface area (Å²) in [5, 5.41) is 6.94. The Hall–Kier alpha value is -1.57. The van der Waals surface area contributed by atoms with Crippen molar-refractivity contribution < 1.29 is 18.0 Å². The van der Waals surface area contributed by atoms with Crippen molar-refractivity contribution in [1.82, 2.24) is 15.1 Å². The molecule has 0 bridgehead atoms. The van der Waals surface area contributed by atoms with E-state index < -0.39 is 23.2 Å². The highest BCUT2D eigenvalue weighted by molar-refractivity contribution is 5.85. The Morgan fingerprint density at radius 3 is 2.71 bits per heavy atom. The Morgan fingerprint density at radius 2 is 2.24 bits per heavy atom. The number of halogens is 3. The fourth-order valence-corrected chi connectivity index (χ4v) is 2.91. The van der Waals surface area contributed by atoms with Crippen LogP contribution < -0.4 is 11.1 Å². The smallest absolute Gasteiger partial charge is 0.368 e. The lowest BCUT2D eigenvalue weighted by Gasteiger charge is -2.29. The van der Waals surface area contributed by atoms with Crippen LogP contribution in [0.1, 0.15) is 44.7 Å². The molecule has 1 heterocycles. The van der Waals surface area contributed by atoms with Gasteiger partial charge >= 0.3 is 6.18 Å². The number of amides is 1. The zero-order valence-electron chi connectivity index (χ0n) is 11.9. The third kappa shape index (κ3) is 3.20. The molecular formula is C13H19F3N4O. The topological polar surface area (TPSA) is 72.9 Å². The van der Waals surface area contributed by atoms with Gasteiger partial charge < -0.3 is 11.1 Å². The molecule has 1 aliphatic carbocycles. The van der Waals surface area contributed by atoms with Gasteiger partial charge in [0.25, 0.3) is 0 Å². The maximum Gasteiger partial charge on any atom is 0.419 e. The second-order valence-corrected chi connectivity index (χ2v) is 5.85. The summed E-state index contributed by atoms with van der Waals surface area (Å²) < 4.78 is 39.1. The summed E-state index contributed by atoms with van der Waals surface area (Å²) in [5.41, 5.74) is 3.83. The Labute approximate surface area is 120 Å². The number of rotatable bonds is 4. The molecular weight excluding hydrogens is 285 g/mol. The van der Waals surface area contributed by atoms with E-state index in [0.717, 1.165) is 12.4 Å². The molecule has 2 rings (SSSR count). The first-order chi connectivity index (χ1) is 9.64. The van der Waals surface area contributed by atoms with Gasteiger partial charge in [-0.15, -0.1) is 0 Å².